The Morgan fingerprint density at radius 1 is 0.767 bits per heavy atom. The highest BCUT2D eigenvalue weighted by molar-refractivity contribution is 5.46. The van der Waals surface area contributed by atoms with Crippen molar-refractivity contribution in [3.8, 4) is 0 Å². The molecule has 1 saturated carbocycles. The minimum absolute atomic E-state index is 0.0982. The minimum atomic E-state index is 0.0982. The summed E-state index contributed by atoms with van der Waals surface area (Å²) in [5.41, 5.74) is 2.58. The molecule has 1 unspecified atom stereocenters. The lowest BCUT2D eigenvalue weighted by Gasteiger charge is -2.40. The van der Waals surface area contributed by atoms with E-state index < -0.39 is 0 Å². The van der Waals surface area contributed by atoms with Gasteiger partial charge in [0.1, 0.15) is 0 Å². The minimum Gasteiger partial charge on any atom is -0.369 e. The lowest BCUT2D eigenvalue weighted by atomic mass is 9.95. The highest BCUT2D eigenvalue weighted by Gasteiger charge is 2.32. The third-order valence-corrected chi connectivity index (χ3v) is 6.60. The zero-order valence-electron chi connectivity index (χ0n) is 17.5. The molecule has 0 N–H and O–H groups in total. The first-order chi connectivity index (χ1) is 14.9. The Bertz CT molecular complexity index is 911. The van der Waals surface area contributed by atoms with Crippen molar-refractivity contribution >= 4 is 5.69 Å². The Morgan fingerprint density at radius 2 is 1.43 bits per heavy atom. The van der Waals surface area contributed by atoms with Gasteiger partial charge in [-0.15, -0.1) is 5.10 Å². The second-order valence-corrected chi connectivity index (χ2v) is 8.45. The van der Waals surface area contributed by atoms with Crippen LogP contribution >= 0.6 is 0 Å². The summed E-state index contributed by atoms with van der Waals surface area (Å²) in [6.45, 7) is 4.01. The summed E-state index contributed by atoms with van der Waals surface area (Å²) >= 11 is 0. The number of anilines is 1. The number of hydrogen-bond donors (Lipinski definition) is 0. The molecular weight excluding hydrogens is 372 g/mol. The molecule has 6 heteroatoms. The van der Waals surface area contributed by atoms with E-state index in [9.17, 15) is 0 Å². The maximum Gasteiger partial charge on any atom is 0.173 e. The van der Waals surface area contributed by atoms with Gasteiger partial charge in [-0.25, -0.2) is 4.68 Å². The molecule has 5 rings (SSSR count). The first kappa shape index (κ1) is 19.2. The fourth-order valence-electron chi connectivity index (χ4n) is 5.00. The van der Waals surface area contributed by atoms with E-state index >= 15 is 0 Å². The van der Waals surface area contributed by atoms with Crippen LogP contribution in [-0.4, -0.2) is 51.3 Å². The number of aromatic nitrogens is 4. The van der Waals surface area contributed by atoms with Crippen molar-refractivity contribution in [3.63, 3.8) is 0 Å². The summed E-state index contributed by atoms with van der Waals surface area (Å²) < 4.78 is 2.14. The Labute approximate surface area is 178 Å². The summed E-state index contributed by atoms with van der Waals surface area (Å²) in [6, 6.07) is 22.0. The molecule has 1 aliphatic carbocycles. The molecule has 2 heterocycles. The van der Waals surface area contributed by atoms with Crippen molar-refractivity contribution in [2.75, 3.05) is 31.1 Å². The Hall–Kier alpha value is -2.73. The van der Waals surface area contributed by atoms with Crippen LogP contribution in [0.4, 0.5) is 5.69 Å². The van der Waals surface area contributed by atoms with Gasteiger partial charge in [0, 0.05) is 31.9 Å². The normalized spacial score (nSPS) is 19.7. The van der Waals surface area contributed by atoms with E-state index in [1.165, 1.54) is 43.4 Å². The van der Waals surface area contributed by atoms with Gasteiger partial charge in [-0.2, -0.15) is 0 Å². The second-order valence-electron chi connectivity index (χ2n) is 8.45. The van der Waals surface area contributed by atoms with E-state index in [2.05, 4.69) is 90.7 Å². The number of benzene rings is 2. The third kappa shape index (κ3) is 3.97. The lowest BCUT2D eigenvalue weighted by Crippen LogP contribution is -2.48. The van der Waals surface area contributed by atoms with Crippen molar-refractivity contribution in [3.05, 3.63) is 72.1 Å². The van der Waals surface area contributed by atoms with Gasteiger partial charge in [0.25, 0.3) is 0 Å². The van der Waals surface area contributed by atoms with Gasteiger partial charge in [-0.3, -0.25) is 4.90 Å². The summed E-state index contributed by atoms with van der Waals surface area (Å²) in [6.07, 6.45) is 6.24. The zero-order valence-corrected chi connectivity index (χ0v) is 17.5. The number of para-hydroxylation sites is 1. The summed E-state index contributed by atoms with van der Waals surface area (Å²) in [5.74, 6) is 1.00. The third-order valence-electron chi connectivity index (χ3n) is 6.60. The summed E-state index contributed by atoms with van der Waals surface area (Å²) in [5, 5.41) is 13.2. The van der Waals surface area contributed by atoms with Gasteiger partial charge in [-0.1, -0.05) is 67.8 Å². The molecule has 0 spiro atoms. The highest BCUT2D eigenvalue weighted by atomic mass is 15.6. The molecule has 3 aromatic rings. The average molecular weight is 403 g/mol. The smallest absolute Gasteiger partial charge is 0.173 e. The molecule has 1 atom stereocenters. The van der Waals surface area contributed by atoms with E-state index in [1.54, 1.807) is 0 Å². The Morgan fingerprint density at radius 3 is 2.13 bits per heavy atom. The van der Waals surface area contributed by atoms with Crippen LogP contribution in [-0.2, 0) is 0 Å². The molecular formula is C24H30N6. The fraction of sp³-hybridized carbons (Fsp3) is 0.458. The van der Waals surface area contributed by atoms with Crippen molar-refractivity contribution in [2.24, 2.45) is 0 Å². The molecule has 2 aliphatic rings. The number of piperazine rings is 1. The number of tetrazole rings is 1. The summed E-state index contributed by atoms with van der Waals surface area (Å²) in [7, 11) is 0. The van der Waals surface area contributed by atoms with Crippen LogP contribution in [0.1, 0.15) is 55.6 Å². The molecule has 1 saturated heterocycles. The predicted octanol–water partition coefficient (Wildman–Crippen LogP) is 4.09. The van der Waals surface area contributed by atoms with E-state index in [0.29, 0.717) is 6.04 Å². The molecule has 6 nitrogen and oxygen atoms in total. The standard InChI is InChI=1S/C24H30N6/c1-4-10-20(11-5-1)23(24-25-26-27-30(24)22-14-8-3-9-15-22)29-18-16-28(17-19-29)21-12-6-2-7-13-21/h1-2,4-7,10-13,22-23H,3,8-9,14-19H2. The van der Waals surface area contributed by atoms with Crippen molar-refractivity contribution in [2.45, 2.75) is 44.2 Å². The van der Waals surface area contributed by atoms with Gasteiger partial charge < -0.3 is 4.90 Å². The monoisotopic (exact) mass is 402 g/mol. The molecule has 1 aliphatic heterocycles. The average Bonchev–Trinajstić information content (AvgIpc) is 3.31. The molecule has 0 amide bonds. The maximum absolute atomic E-state index is 4.57. The van der Waals surface area contributed by atoms with Crippen LogP contribution in [0.15, 0.2) is 60.7 Å². The lowest BCUT2D eigenvalue weighted by molar-refractivity contribution is 0.193. The molecule has 2 fully saturated rings. The number of rotatable bonds is 5. The van der Waals surface area contributed by atoms with E-state index in [-0.39, 0.29) is 6.04 Å². The SMILES string of the molecule is c1ccc(C(c2nnnn2C2CCCCC2)N2CCN(c3ccccc3)CC2)cc1. The van der Waals surface area contributed by atoms with Crippen molar-refractivity contribution < 1.29 is 0 Å². The molecule has 2 aromatic carbocycles. The largest absolute Gasteiger partial charge is 0.369 e. The molecule has 0 bridgehead atoms. The Kier molecular flexibility index (Phi) is 5.75. The van der Waals surface area contributed by atoms with Crippen molar-refractivity contribution in [1.82, 2.24) is 25.1 Å². The first-order valence-corrected chi connectivity index (χ1v) is 11.3. The van der Waals surface area contributed by atoms with Gasteiger partial charge in [0.2, 0.25) is 0 Å². The molecule has 1 aromatic heterocycles. The van der Waals surface area contributed by atoms with Gasteiger partial charge in [-0.05, 0) is 41.0 Å². The fourth-order valence-corrected chi connectivity index (χ4v) is 5.00. The van der Waals surface area contributed by atoms with E-state index in [0.717, 1.165) is 32.0 Å². The molecule has 156 valence electrons. The quantitative estimate of drug-likeness (QED) is 0.643. The van der Waals surface area contributed by atoms with Crippen LogP contribution in [0.2, 0.25) is 0 Å². The van der Waals surface area contributed by atoms with Crippen molar-refractivity contribution in [1.29, 1.82) is 0 Å². The van der Waals surface area contributed by atoms with Crippen LogP contribution in [0, 0.1) is 0 Å². The predicted molar refractivity (Wildman–Crippen MR) is 118 cm³/mol. The Balaban J connectivity index is 1.41. The number of nitrogens with zero attached hydrogens (tertiary/aromatic N) is 6. The van der Waals surface area contributed by atoms with Crippen LogP contribution in [0.3, 0.4) is 0 Å². The zero-order chi connectivity index (χ0) is 20.2. The van der Waals surface area contributed by atoms with E-state index in [1.807, 2.05) is 0 Å². The van der Waals surface area contributed by atoms with Crippen LogP contribution < -0.4 is 4.90 Å². The van der Waals surface area contributed by atoms with Crippen LogP contribution in [0.25, 0.3) is 0 Å². The maximum atomic E-state index is 4.57. The molecule has 0 radical (unpaired) electrons. The van der Waals surface area contributed by atoms with Crippen LogP contribution in [0.5, 0.6) is 0 Å². The first-order valence-electron chi connectivity index (χ1n) is 11.3. The topological polar surface area (TPSA) is 50.1 Å². The van der Waals surface area contributed by atoms with E-state index in [4.69, 9.17) is 0 Å². The second kappa shape index (κ2) is 8.96. The summed E-state index contributed by atoms with van der Waals surface area (Å²) in [4.78, 5) is 5.03. The van der Waals surface area contributed by atoms with Gasteiger partial charge in [0.15, 0.2) is 5.82 Å². The molecule has 30 heavy (non-hydrogen) atoms. The van der Waals surface area contributed by atoms with Gasteiger partial charge >= 0.3 is 0 Å². The number of hydrogen-bond acceptors (Lipinski definition) is 5. The highest BCUT2D eigenvalue weighted by Crippen LogP contribution is 2.33. The van der Waals surface area contributed by atoms with Gasteiger partial charge in [0.05, 0.1) is 12.1 Å².